The van der Waals surface area contributed by atoms with Gasteiger partial charge in [0.05, 0.1) is 5.69 Å². The lowest BCUT2D eigenvalue weighted by atomic mass is 10.3. The van der Waals surface area contributed by atoms with E-state index in [2.05, 4.69) is 10.5 Å². The van der Waals surface area contributed by atoms with Gasteiger partial charge in [-0.25, -0.2) is 0 Å². The number of anilines is 1. The SMILES string of the molecule is N#C/C=N/Nc1ccc(Cl)cc1. The first-order valence-electron chi connectivity index (χ1n) is 3.25. The maximum atomic E-state index is 8.13. The summed E-state index contributed by atoms with van der Waals surface area (Å²) in [7, 11) is 0. The maximum Gasteiger partial charge on any atom is 0.124 e. The molecule has 0 bridgehead atoms. The minimum absolute atomic E-state index is 0.671. The molecule has 0 atom stereocenters. The van der Waals surface area contributed by atoms with Crippen molar-refractivity contribution < 1.29 is 0 Å². The summed E-state index contributed by atoms with van der Waals surface area (Å²) in [4.78, 5) is 0. The van der Waals surface area contributed by atoms with Crippen LogP contribution in [-0.2, 0) is 0 Å². The largest absolute Gasteiger partial charge is 0.278 e. The number of nitrogens with one attached hydrogen (secondary N) is 1. The monoisotopic (exact) mass is 179 g/mol. The van der Waals surface area contributed by atoms with Crippen LogP contribution in [0.15, 0.2) is 29.4 Å². The van der Waals surface area contributed by atoms with E-state index in [0.29, 0.717) is 5.02 Å². The number of hydrazone groups is 1. The standard InChI is InChI=1S/C8H6ClN3/c9-7-1-3-8(4-2-7)12-11-6-5-10/h1-4,6,12H/b11-6+. The zero-order valence-electron chi connectivity index (χ0n) is 6.16. The van der Waals surface area contributed by atoms with Crippen LogP contribution in [0.25, 0.3) is 0 Å². The highest BCUT2D eigenvalue weighted by Gasteiger charge is 1.87. The molecule has 1 aromatic rings. The third-order valence-electron chi connectivity index (χ3n) is 1.16. The number of hydrogen-bond acceptors (Lipinski definition) is 3. The summed E-state index contributed by atoms with van der Waals surface area (Å²) in [6.07, 6.45) is 1.12. The normalized spacial score (nSPS) is 9.67. The third kappa shape index (κ3) is 2.60. The molecule has 0 saturated carbocycles. The van der Waals surface area contributed by atoms with E-state index >= 15 is 0 Å². The molecule has 0 aliphatic rings. The molecule has 12 heavy (non-hydrogen) atoms. The van der Waals surface area contributed by atoms with E-state index in [4.69, 9.17) is 16.9 Å². The van der Waals surface area contributed by atoms with Crippen molar-refractivity contribution in [3.8, 4) is 6.07 Å². The fraction of sp³-hybridized carbons (Fsp3) is 0. The van der Waals surface area contributed by atoms with Crippen molar-refractivity contribution in [2.24, 2.45) is 5.10 Å². The lowest BCUT2D eigenvalue weighted by molar-refractivity contribution is 1.35. The van der Waals surface area contributed by atoms with E-state index in [9.17, 15) is 0 Å². The molecule has 0 fully saturated rings. The summed E-state index contributed by atoms with van der Waals surface area (Å²) in [6, 6.07) is 8.80. The van der Waals surface area contributed by atoms with Crippen LogP contribution in [0.5, 0.6) is 0 Å². The lowest BCUT2D eigenvalue weighted by Gasteiger charge is -1.97. The number of hydrogen-bond donors (Lipinski definition) is 1. The molecule has 0 heterocycles. The Morgan fingerprint density at radius 3 is 2.67 bits per heavy atom. The van der Waals surface area contributed by atoms with Crippen molar-refractivity contribution in [1.82, 2.24) is 0 Å². The first-order valence-corrected chi connectivity index (χ1v) is 3.63. The molecule has 1 rings (SSSR count). The van der Waals surface area contributed by atoms with Gasteiger partial charge in [-0.1, -0.05) is 11.6 Å². The van der Waals surface area contributed by atoms with Crippen molar-refractivity contribution in [3.05, 3.63) is 29.3 Å². The smallest absolute Gasteiger partial charge is 0.124 e. The molecule has 3 nitrogen and oxygen atoms in total. The van der Waals surface area contributed by atoms with E-state index in [1.807, 2.05) is 0 Å². The Morgan fingerprint density at radius 2 is 2.08 bits per heavy atom. The first kappa shape index (κ1) is 8.57. The van der Waals surface area contributed by atoms with E-state index in [0.717, 1.165) is 11.9 Å². The second-order valence-electron chi connectivity index (χ2n) is 2.01. The van der Waals surface area contributed by atoms with Gasteiger partial charge in [0.25, 0.3) is 0 Å². The van der Waals surface area contributed by atoms with Crippen LogP contribution >= 0.6 is 11.6 Å². The number of nitrogens with zero attached hydrogens (tertiary/aromatic N) is 2. The predicted octanol–water partition coefficient (Wildman–Crippen LogP) is 2.26. The van der Waals surface area contributed by atoms with Crippen LogP contribution in [0.4, 0.5) is 5.69 Å². The van der Waals surface area contributed by atoms with Gasteiger partial charge in [-0.3, -0.25) is 5.43 Å². The van der Waals surface area contributed by atoms with Gasteiger partial charge in [0.15, 0.2) is 0 Å². The van der Waals surface area contributed by atoms with Gasteiger partial charge in [0, 0.05) is 5.02 Å². The fourth-order valence-electron chi connectivity index (χ4n) is 0.660. The van der Waals surface area contributed by atoms with Crippen molar-refractivity contribution in [3.63, 3.8) is 0 Å². The molecule has 0 aromatic heterocycles. The molecule has 1 aromatic carbocycles. The number of benzene rings is 1. The average molecular weight is 180 g/mol. The minimum atomic E-state index is 0.671. The van der Waals surface area contributed by atoms with Gasteiger partial charge >= 0.3 is 0 Å². The van der Waals surface area contributed by atoms with Gasteiger partial charge in [-0.15, -0.1) is 0 Å². The Labute approximate surface area is 75.3 Å². The number of nitriles is 1. The van der Waals surface area contributed by atoms with E-state index in [1.165, 1.54) is 0 Å². The Kier molecular flexibility index (Phi) is 3.12. The van der Waals surface area contributed by atoms with Crippen molar-refractivity contribution in [2.75, 3.05) is 5.43 Å². The molecule has 0 radical (unpaired) electrons. The second-order valence-corrected chi connectivity index (χ2v) is 2.44. The summed E-state index contributed by atoms with van der Waals surface area (Å²) in [6.45, 7) is 0. The minimum Gasteiger partial charge on any atom is -0.278 e. The summed E-state index contributed by atoms with van der Waals surface area (Å²) < 4.78 is 0. The van der Waals surface area contributed by atoms with Gasteiger partial charge in [-0.05, 0) is 24.3 Å². The van der Waals surface area contributed by atoms with Crippen molar-refractivity contribution in [2.45, 2.75) is 0 Å². The summed E-state index contributed by atoms with van der Waals surface area (Å²) >= 11 is 5.65. The average Bonchev–Trinajstić information content (AvgIpc) is 2.09. The summed E-state index contributed by atoms with van der Waals surface area (Å²) in [5.41, 5.74) is 3.46. The maximum absolute atomic E-state index is 8.13. The molecule has 0 unspecified atom stereocenters. The Hall–Kier alpha value is -1.53. The highest BCUT2D eigenvalue weighted by Crippen LogP contribution is 2.12. The topological polar surface area (TPSA) is 48.2 Å². The first-order chi connectivity index (χ1) is 5.83. The third-order valence-corrected chi connectivity index (χ3v) is 1.41. The molecule has 60 valence electrons. The molecule has 4 heteroatoms. The van der Waals surface area contributed by atoms with Crippen LogP contribution in [0, 0.1) is 11.3 Å². The number of halogens is 1. The van der Waals surface area contributed by atoms with E-state index in [1.54, 1.807) is 30.3 Å². The zero-order valence-corrected chi connectivity index (χ0v) is 6.92. The van der Waals surface area contributed by atoms with E-state index < -0.39 is 0 Å². The van der Waals surface area contributed by atoms with Crippen LogP contribution in [0.1, 0.15) is 0 Å². The predicted molar refractivity (Wildman–Crippen MR) is 49.2 cm³/mol. The number of rotatable bonds is 2. The van der Waals surface area contributed by atoms with Crippen molar-refractivity contribution in [1.29, 1.82) is 5.26 Å². The molecular formula is C8H6ClN3. The van der Waals surface area contributed by atoms with Gasteiger partial charge in [0.2, 0.25) is 0 Å². The Balaban J connectivity index is 2.60. The molecule has 0 amide bonds. The van der Waals surface area contributed by atoms with Gasteiger partial charge < -0.3 is 0 Å². The second kappa shape index (κ2) is 4.37. The fourth-order valence-corrected chi connectivity index (χ4v) is 0.786. The van der Waals surface area contributed by atoms with E-state index in [-0.39, 0.29) is 0 Å². The van der Waals surface area contributed by atoms with Gasteiger partial charge in [-0.2, -0.15) is 10.4 Å². The molecule has 0 saturated heterocycles. The summed E-state index contributed by atoms with van der Waals surface area (Å²) in [5.74, 6) is 0. The zero-order chi connectivity index (χ0) is 8.81. The Morgan fingerprint density at radius 1 is 1.42 bits per heavy atom. The lowest BCUT2D eigenvalue weighted by Crippen LogP contribution is -1.86. The van der Waals surface area contributed by atoms with Crippen LogP contribution < -0.4 is 5.43 Å². The molecule has 0 aliphatic heterocycles. The van der Waals surface area contributed by atoms with Crippen LogP contribution in [0.2, 0.25) is 5.02 Å². The van der Waals surface area contributed by atoms with Gasteiger partial charge in [0.1, 0.15) is 12.3 Å². The molecule has 0 aliphatic carbocycles. The van der Waals surface area contributed by atoms with Crippen LogP contribution in [0.3, 0.4) is 0 Å². The molecular weight excluding hydrogens is 174 g/mol. The quantitative estimate of drug-likeness (QED) is 0.559. The molecule has 1 N–H and O–H groups in total. The Bertz CT molecular complexity index is 310. The highest BCUT2D eigenvalue weighted by molar-refractivity contribution is 6.30. The van der Waals surface area contributed by atoms with Crippen LogP contribution in [-0.4, -0.2) is 6.21 Å². The van der Waals surface area contributed by atoms with Crippen molar-refractivity contribution >= 4 is 23.5 Å². The molecule has 0 spiro atoms. The highest BCUT2D eigenvalue weighted by atomic mass is 35.5. The summed E-state index contributed by atoms with van der Waals surface area (Å²) in [5, 5.41) is 12.4.